The Hall–Kier alpha value is -3.97. The lowest BCUT2D eigenvalue weighted by molar-refractivity contribution is 0.681. The minimum Gasteiger partial charge on any atom is -0.264 e. The summed E-state index contributed by atoms with van der Waals surface area (Å²) in [6, 6.07) is 22.5. The molecule has 4 aliphatic rings. The number of hydrogen-bond acceptors (Lipinski definition) is 1. The second-order valence-electron chi connectivity index (χ2n) is 10.8. The zero-order valence-corrected chi connectivity index (χ0v) is 22.0. The van der Waals surface area contributed by atoms with Gasteiger partial charge in [-0.25, -0.2) is 0 Å². The topological polar surface area (TPSA) is 12.9 Å². The Labute approximate surface area is 225 Å². The van der Waals surface area contributed by atoms with Crippen LogP contribution in [0, 0.1) is 11.8 Å². The summed E-state index contributed by atoms with van der Waals surface area (Å²) in [5.41, 5.74) is 10.3. The minimum absolute atomic E-state index is 0.362. The van der Waals surface area contributed by atoms with Gasteiger partial charge in [-0.15, -0.1) is 0 Å². The van der Waals surface area contributed by atoms with Crippen LogP contribution in [-0.4, -0.2) is 4.98 Å². The highest BCUT2D eigenvalue weighted by molar-refractivity contribution is 5.95. The van der Waals surface area contributed by atoms with E-state index in [0.717, 1.165) is 32.1 Å². The lowest BCUT2D eigenvalue weighted by atomic mass is 9.67. The van der Waals surface area contributed by atoms with Crippen molar-refractivity contribution in [3.63, 3.8) is 0 Å². The molecule has 0 aliphatic heterocycles. The van der Waals surface area contributed by atoms with E-state index < -0.39 is 0 Å². The molecular weight excluding hydrogens is 458 g/mol. The molecule has 0 saturated heterocycles. The number of hydrogen-bond donors (Lipinski definition) is 0. The number of pyridine rings is 1. The van der Waals surface area contributed by atoms with Gasteiger partial charge in [0, 0.05) is 24.2 Å². The molecule has 1 heteroatoms. The molecule has 0 radical (unpaired) electrons. The third-order valence-corrected chi connectivity index (χ3v) is 8.90. The maximum Gasteiger partial charge on any atom is 0.0343 e. The van der Waals surface area contributed by atoms with Gasteiger partial charge in [-0.2, -0.15) is 0 Å². The zero-order valence-electron chi connectivity index (χ0n) is 22.0. The lowest BCUT2D eigenvalue weighted by Gasteiger charge is -2.36. The Morgan fingerprint density at radius 1 is 0.658 bits per heavy atom. The van der Waals surface area contributed by atoms with Crippen LogP contribution in [0.1, 0.15) is 44.6 Å². The fourth-order valence-electron chi connectivity index (χ4n) is 7.12. The molecule has 3 aromatic rings. The van der Waals surface area contributed by atoms with Crippen LogP contribution in [-0.2, 0) is 0 Å². The molecule has 0 spiro atoms. The van der Waals surface area contributed by atoms with Crippen LogP contribution in [0.5, 0.6) is 0 Å². The number of rotatable bonds is 4. The SMILES string of the molecule is CCC1=c2ccccc2=C(C2=c3ccccc3=C(C3=CC=C(c4cccnc4)CC3)C3C=CC=CC23)CC1. The van der Waals surface area contributed by atoms with Crippen LogP contribution in [0.15, 0.2) is 115 Å². The van der Waals surface area contributed by atoms with E-state index in [1.165, 1.54) is 43.2 Å². The molecule has 0 bridgehead atoms. The molecular formula is C37H33N. The smallest absolute Gasteiger partial charge is 0.0343 e. The van der Waals surface area contributed by atoms with Crippen LogP contribution in [0.4, 0.5) is 0 Å². The summed E-state index contributed by atoms with van der Waals surface area (Å²) in [4.78, 5) is 4.34. The van der Waals surface area contributed by atoms with Crippen molar-refractivity contribution >= 4 is 27.9 Å². The molecule has 186 valence electrons. The molecule has 1 nitrogen and oxygen atoms in total. The number of nitrogens with zero attached hydrogens (tertiary/aromatic N) is 1. The van der Waals surface area contributed by atoms with Gasteiger partial charge < -0.3 is 0 Å². The van der Waals surface area contributed by atoms with Crippen molar-refractivity contribution in [3.8, 4) is 0 Å². The van der Waals surface area contributed by atoms with E-state index >= 15 is 0 Å². The first-order valence-corrected chi connectivity index (χ1v) is 14.1. The Bertz CT molecular complexity index is 1790. The van der Waals surface area contributed by atoms with Crippen molar-refractivity contribution in [2.75, 3.05) is 0 Å². The molecule has 1 aromatic heterocycles. The number of benzene rings is 2. The summed E-state index contributed by atoms with van der Waals surface area (Å²) in [6.45, 7) is 2.30. The van der Waals surface area contributed by atoms with E-state index in [0.29, 0.717) is 11.8 Å². The van der Waals surface area contributed by atoms with E-state index in [-0.39, 0.29) is 0 Å². The van der Waals surface area contributed by atoms with E-state index in [4.69, 9.17) is 0 Å². The number of aromatic nitrogens is 1. The van der Waals surface area contributed by atoms with E-state index in [1.54, 1.807) is 16.7 Å². The molecule has 0 N–H and O–H groups in total. The first kappa shape index (κ1) is 23.2. The first-order chi connectivity index (χ1) is 18.8. The summed E-state index contributed by atoms with van der Waals surface area (Å²) in [5.74, 6) is 0.724. The summed E-state index contributed by atoms with van der Waals surface area (Å²) >= 11 is 0. The Morgan fingerprint density at radius 2 is 1.32 bits per heavy atom. The highest BCUT2D eigenvalue weighted by Crippen LogP contribution is 2.44. The van der Waals surface area contributed by atoms with Crippen molar-refractivity contribution in [1.82, 2.24) is 4.98 Å². The van der Waals surface area contributed by atoms with Crippen molar-refractivity contribution in [2.24, 2.45) is 11.8 Å². The quantitative estimate of drug-likeness (QED) is 0.452. The lowest BCUT2D eigenvalue weighted by Crippen LogP contribution is -2.43. The van der Waals surface area contributed by atoms with Gasteiger partial charge in [0.05, 0.1) is 0 Å². The fraction of sp³-hybridized carbons (Fsp3) is 0.216. The molecule has 0 fully saturated rings. The molecule has 4 aliphatic carbocycles. The molecule has 7 rings (SSSR count). The maximum absolute atomic E-state index is 4.34. The molecule has 2 aromatic carbocycles. The molecule has 2 atom stereocenters. The van der Waals surface area contributed by atoms with Crippen LogP contribution in [0.25, 0.3) is 27.9 Å². The van der Waals surface area contributed by atoms with Gasteiger partial charge in [-0.3, -0.25) is 4.98 Å². The molecule has 0 amide bonds. The summed E-state index contributed by atoms with van der Waals surface area (Å²) in [6.07, 6.45) is 23.5. The van der Waals surface area contributed by atoms with Gasteiger partial charge in [0.25, 0.3) is 0 Å². The number of fused-ring (bicyclic) bond motifs is 3. The highest BCUT2D eigenvalue weighted by Gasteiger charge is 2.34. The second-order valence-corrected chi connectivity index (χ2v) is 10.8. The normalized spacial score (nSPS) is 21.9. The summed E-state index contributed by atoms with van der Waals surface area (Å²) in [7, 11) is 0. The van der Waals surface area contributed by atoms with Crippen LogP contribution < -0.4 is 20.9 Å². The van der Waals surface area contributed by atoms with Crippen LogP contribution >= 0.6 is 0 Å². The van der Waals surface area contributed by atoms with Crippen molar-refractivity contribution in [1.29, 1.82) is 0 Å². The largest absolute Gasteiger partial charge is 0.264 e. The zero-order chi connectivity index (χ0) is 25.5. The van der Waals surface area contributed by atoms with E-state index in [2.05, 4.69) is 103 Å². The standard InChI is InChI=1S/C37H33N/c1-2-25-21-22-35(30-12-4-3-11-29(25)30)37-33-15-7-5-13-31(33)36(32-14-6-8-16-34(32)37)27-19-17-26(18-20-27)28-10-9-23-38-24-28/h3-17,19,23-24,31,33H,2,18,20-22H2,1H3. The third kappa shape index (κ3) is 3.80. The average Bonchev–Trinajstić information content (AvgIpc) is 3.00. The predicted octanol–water partition coefficient (Wildman–Crippen LogP) is 5.76. The van der Waals surface area contributed by atoms with Gasteiger partial charge in [0.1, 0.15) is 0 Å². The average molecular weight is 492 g/mol. The maximum atomic E-state index is 4.34. The van der Waals surface area contributed by atoms with Gasteiger partial charge >= 0.3 is 0 Å². The second kappa shape index (κ2) is 9.72. The van der Waals surface area contributed by atoms with Gasteiger partial charge in [0.15, 0.2) is 0 Å². The highest BCUT2D eigenvalue weighted by atomic mass is 14.6. The summed E-state index contributed by atoms with van der Waals surface area (Å²) < 4.78 is 0. The summed E-state index contributed by atoms with van der Waals surface area (Å²) in [5, 5.41) is 5.76. The van der Waals surface area contributed by atoms with Gasteiger partial charge in [-0.1, -0.05) is 104 Å². The van der Waals surface area contributed by atoms with E-state index in [9.17, 15) is 0 Å². The predicted molar refractivity (Wildman–Crippen MR) is 159 cm³/mol. The molecule has 2 unspecified atom stereocenters. The van der Waals surface area contributed by atoms with Crippen molar-refractivity contribution in [2.45, 2.75) is 39.0 Å². The van der Waals surface area contributed by atoms with Crippen molar-refractivity contribution in [3.05, 3.63) is 142 Å². The monoisotopic (exact) mass is 491 g/mol. The van der Waals surface area contributed by atoms with Crippen LogP contribution in [0.2, 0.25) is 0 Å². The Balaban J connectivity index is 1.51. The Kier molecular flexibility index (Phi) is 5.93. The Morgan fingerprint density at radius 3 is 2.00 bits per heavy atom. The van der Waals surface area contributed by atoms with Crippen molar-refractivity contribution < 1.29 is 0 Å². The third-order valence-electron chi connectivity index (χ3n) is 8.90. The molecule has 38 heavy (non-hydrogen) atoms. The van der Waals surface area contributed by atoms with Crippen LogP contribution in [0.3, 0.4) is 0 Å². The van der Waals surface area contributed by atoms with Gasteiger partial charge in [0.2, 0.25) is 0 Å². The molecule has 0 saturated carbocycles. The van der Waals surface area contributed by atoms with E-state index in [1.807, 2.05) is 18.5 Å². The number of allylic oxidation sites excluding steroid dienone is 8. The fourth-order valence-corrected chi connectivity index (χ4v) is 7.12. The molecule has 1 heterocycles. The van der Waals surface area contributed by atoms with Gasteiger partial charge in [-0.05, 0) is 92.5 Å². The first-order valence-electron chi connectivity index (χ1n) is 14.1. The minimum atomic E-state index is 0.362.